The van der Waals surface area contributed by atoms with Gasteiger partial charge in [0, 0.05) is 23.6 Å². The van der Waals surface area contributed by atoms with Gasteiger partial charge >= 0.3 is 0 Å². The summed E-state index contributed by atoms with van der Waals surface area (Å²) in [5.41, 5.74) is 4.71. The van der Waals surface area contributed by atoms with Crippen LogP contribution in [0.1, 0.15) is 11.1 Å². The Morgan fingerprint density at radius 2 is 1.52 bits per heavy atom. The van der Waals surface area contributed by atoms with Crippen molar-refractivity contribution < 1.29 is 4.74 Å². The van der Waals surface area contributed by atoms with Gasteiger partial charge in [-0.2, -0.15) is 0 Å². The van der Waals surface area contributed by atoms with Crippen LogP contribution in [0.25, 0.3) is 22.0 Å². The van der Waals surface area contributed by atoms with Gasteiger partial charge in [0.25, 0.3) is 0 Å². The van der Waals surface area contributed by atoms with E-state index in [4.69, 9.17) is 9.72 Å². The summed E-state index contributed by atoms with van der Waals surface area (Å²) < 4.78 is 5.27. The third kappa shape index (κ3) is 3.11. The molecule has 0 saturated carbocycles. The van der Waals surface area contributed by atoms with E-state index in [1.807, 2.05) is 24.4 Å². The fourth-order valence-corrected chi connectivity index (χ4v) is 3.20. The molecule has 0 bridgehead atoms. The molecule has 2 nitrogen and oxygen atoms in total. The van der Waals surface area contributed by atoms with E-state index in [0.29, 0.717) is 0 Å². The molecule has 0 saturated heterocycles. The van der Waals surface area contributed by atoms with Crippen LogP contribution < -0.4 is 4.74 Å². The summed E-state index contributed by atoms with van der Waals surface area (Å²) in [5, 5.41) is 2.43. The molecular weight excluding hydrogens is 306 g/mol. The first kappa shape index (κ1) is 15.4. The molecule has 0 unspecified atom stereocenters. The van der Waals surface area contributed by atoms with E-state index in [0.717, 1.165) is 23.4 Å². The van der Waals surface area contributed by atoms with E-state index in [-0.39, 0.29) is 0 Å². The van der Waals surface area contributed by atoms with Crippen LogP contribution in [0, 0.1) is 0 Å². The van der Waals surface area contributed by atoms with Crippen molar-refractivity contribution in [3.05, 3.63) is 96.2 Å². The molecule has 0 radical (unpaired) electrons. The Hall–Kier alpha value is -3.13. The number of ether oxygens (including phenoxy) is 1. The van der Waals surface area contributed by atoms with E-state index in [1.165, 1.54) is 21.9 Å². The highest BCUT2D eigenvalue weighted by atomic mass is 16.5. The van der Waals surface area contributed by atoms with Crippen LogP contribution in [-0.4, -0.2) is 12.1 Å². The van der Waals surface area contributed by atoms with Crippen LogP contribution in [0.5, 0.6) is 5.75 Å². The molecule has 0 aliphatic carbocycles. The van der Waals surface area contributed by atoms with Crippen LogP contribution in [-0.2, 0) is 6.42 Å². The van der Waals surface area contributed by atoms with Gasteiger partial charge in [0.15, 0.2) is 0 Å². The van der Waals surface area contributed by atoms with Crippen LogP contribution in [0.2, 0.25) is 0 Å². The van der Waals surface area contributed by atoms with Gasteiger partial charge in [-0.15, -0.1) is 0 Å². The molecule has 0 aliphatic heterocycles. The van der Waals surface area contributed by atoms with E-state index >= 15 is 0 Å². The van der Waals surface area contributed by atoms with Crippen LogP contribution in [0.15, 0.2) is 85.1 Å². The molecule has 0 aliphatic rings. The lowest BCUT2D eigenvalue weighted by molar-refractivity contribution is 0.414. The van der Waals surface area contributed by atoms with Gasteiger partial charge in [-0.1, -0.05) is 66.7 Å². The zero-order valence-electron chi connectivity index (χ0n) is 14.1. The second-order valence-electron chi connectivity index (χ2n) is 6.06. The van der Waals surface area contributed by atoms with Crippen molar-refractivity contribution in [3.8, 4) is 17.0 Å². The van der Waals surface area contributed by atoms with Gasteiger partial charge in [-0.3, -0.25) is 4.98 Å². The highest BCUT2D eigenvalue weighted by molar-refractivity contribution is 5.90. The number of aromatic nitrogens is 1. The zero-order chi connectivity index (χ0) is 17.1. The molecule has 0 spiro atoms. The highest BCUT2D eigenvalue weighted by Gasteiger charge is 2.12. The van der Waals surface area contributed by atoms with Gasteiger partial charge < -0.3 is 4.74 Å². The lowest BCUT2D eigenvalue weighted by atomic mass is 9.94. The number of pyridine rings is 1. The maximum atomic E-state index is 5.27. The van der Waals surface area contributed by atoms with Gasteiger partial charge in [0.2, 0.25) is 0 Å². The summed E-state index contributed by atoms with van der Waals surface area (Å²) in [6, 6.07) is 27.1. The standard InChI is InChI=1S/C23H19NO/c1-25-20-13-11-17(12-14-20)15-22-21-10-6-5-9-19(21)16-24-23(22)18-7-3-2-4-8-18/h2-14,16H,15H2,1H3. The SMILES string of the molecule is COc1ccc(Cc2c(-c3ccccc3)ncc3ccccc23)cc1. The zero-order valence-corrected chi connectivity index (χ0v) is 14.1. The van der Waals surface area contributed by atoms with E-state index < -0.39 is 0 Å². The molecule has 4 rings (SSSR count). The van der Waals surface area contributed by atoms with Gasteiger partial charge in [-0.25, -0.2) is 0 Å². The van der Waals surface area contributed by atoms with Crippen molar-refractivity contribution in [3.63, 3.8) is 0 Å². The minimum Gasteiger partial charge on any atom is -0.497 e. The number of rotatable bonds is 4. The normalized spacial score (nSPS) is 10.8. The largest absolute Gasteiger partial charge is 0.497 e. The molecule has 1 heterocycles. The molecule has 1 aromatic heterocycles. The van der Waals surface area contributed by atoms with Crippen molar-refractivity contribution in [1.29, 1.82) is 0 Å². The molecular formula is C23H19NO. The van der Waals surface area contributed by atoms with Crippen molar-refractivity contribution >= 4 is 10.8 Å². The third-order valence-electron chi connectivity index (χ3n) is 4.49. The second kappa shape index (κ2) is 6.78. The smallest absolute Gasteiger partial charge is 0.118 e. The Bertz CT molecular complexity index is 991. The van der Waals surface area contributed by atoms with Gasteiger partial charge in [0.05, 0.1) is 12.8 Å². The van der Waals surface area contributed by atoms with Gasteiger partial charge in [0.1, 0.15) is 5.75 Å². The molecule has 0 fully saturated rings. The summed E-state index contributed by atoms with van der Waals surface area (Å²) in [5.74, 6) is 0.878. The van der Waals surface area contributed by atoms with Gasteiger partial charge in [-0.05, 0) is 28.6 Å². The van der Waals surface area contributed by atoms with Crippen molar-refractivity contribution in [2.24, 2.45) is 0 Å². The third-order valence-corrected chi connectivity index (χ3v) is 4.49. The lowest BCUT2D eigenvalue weighted by Gasteiger charge is -2.13. The van der Waals surface area contributed by atoms with E-state index in [1.54, 1.807) is 7.11 Å². The predicted molar refractivity (Wildman–Crippen MR) is 103 cm³/mol. The maximum absolute atomic E-state index is 5.27. The average Bonchev–Trinajstić information content (AvgIpc) is 2.69. The highest BCUT2D eigenvalue weighted by Crippen LogP contribution is 2.30. The summed E-state index contributed by atoms with van der Waals surface area (Å²) in [7, 11) is 1.69. The summed E-state index contributed by atoms with van der Waals surface area (Å²) in [6.07, 6.45) is 2.80. The summed E-state index contributed by atoms with van der Waals surface area (Å²) in [4.78, 5) is 4.78. The Morgan fingerprint density at radius 3 is 2.28 bits per heavy atom. The summed E-state index contributed by atoms with van der Waals surface area (Å²) >= 11 is 0. The van der Waals surface area contributed by atoms with Crippen molar-refractivity contribution in [2.75, 3.05) is 7.11 Å². The first-order valence-electron chi connectivity index (χ1n) is 8.40. The topological polar surface area (TPSA) is 22.1 Å². The fraction of sp³-hybridized carbons (Fsp3) is 0.0870. The number of hydrogen-bond acceptors (Lipinski definition) is 2. The number of methoxy groups -OCH3 is 1. The van der Waals surface area contributed by atoms with Crippen molar-refractivity contribution in [1.82, 2.24) is 4.98 Å². The van der Waals surface area contributed by atoms with Crippen LogP contribution in [0.4, 0.5) is 0 Å². The minimum absolute atomic E-state index is 0.836. The Morgan fingerprint density at radius 1 is 0.800 bits per heavy atom. The molecule has 3 aromatic carbocycles. The molecule has 25 heavy (non-hydrogen) atoms. The number of fused-ring (bicyclic) bond motifs is 1. The number of benzene rings is 3. The average molecular weight is 325 g/mol. The fourth-order valence-electron chi connectivity index (χ4n) is 3.20. The van der Waals surface area contributed by atoms with Crippen LogP contribution >= 0.6 is 0 Å². The Kier molecular flexibility index (Phi) is 4.17. The second-order valence-corrected chi connectivity index (χ2v) is 6.06. The maximum Gasteiger partial charge on any atom is 0.118 e. The van der Waals surface area contributed by atoms with E-state index in [2.05, 4.69) is 60.7 Å². The first-order chi connectivity index (χ1) is 12.3. The molecule has 2 heteroatoms. The lowest BCUT2D eigenvalue weighted by Crippen LogP contribution is -1.97. The van der Waals surface area contributed by atoms with E-state index in [9.17, 15) is 0 Å². The molecule has 4 aromatic rings. The Labute approximate surface area is 147 Å². The first-order valence-corrected chi connectivity index (χ1v) is 8.40. The molecule has 0 N–H and O–H groups in total. The molecule has 122 valence electrons. The quantitative estimate of drug-likeness (QED) is 0.494. The minimum atomic E-state index is 0.836. The monoisotopic (exact) mass is 325 g/mol. The number of hydrogen-bond donors (Lipinski definition) is 0. The molecule has 0 amide bonds. The van der Waals surface area contributed by atoms with Crippen molar-refractivity contribution in [2.45, 2.75) is 6.42 Å². The van der Waals surface area contributed by atoms with Crippen LogP contribution in [0.3, 0.4) is 0 Å². The Balaban J connectivity index is 1.86. The number of nitrogens with zero attached hydrogens (tertiary/aromatic N) is 1. The summed E-state index contributed by atoms with van der Waals surface area (Å²) in [6.45, 7) is 0. The molecule has 0 atom stereocenters. The predicted octanol–water partition coefficient (Wildman–Crippen LogP) is 5.50.